The Kier molecular flexibility index (Phi) is 7.35. The summed E-state index contributed by atoms with van der Waals surface area (Å²) in [5.74, 6) is 3.59. The molecule has 0 aromatic rings. The predicted molar refractivity (Wildman–Crippen MR) is 91.9 cm³/mol. The summed E-state index contributed by atoms with van der Waals surface area (Å²) in [5.41, 5.74) is 0. The quantitative estimate of drug-likeness (QED) is 0.701. The second kappa shape index (κ2) is 9.27. The Morgan fingerprint density at radius 3 is 2.43 bits per heavy atom. The van der Waals surface area contributed by atoms with Crippen LogP contribution in [0.1, 0.15) is 32.6 Å². The van der Waals surface area contributed by atoms with Gasteiger partial charge in [0, 0.05) is 19.0 Å². The zero-order valence-corrected chi connectivity index (χ0v) is 14.3. The van der Waals surface area contributed by atoms with Gasteiger partial charge >= 0.3 is 0 Å². The van der Waals surface area contributed by atoms with Gasteiger partial charge in [0.2, 0.25) is 5.91 Å². The van der Waals surface area contributed by atoms with Crippen molar-refractivity contribution in [1.82, 2.24) is 15.1 Å². The van der Waals surface area contributed by atoms with Crippen LogP contribution in [0.15, 0.2) is 0 Å². The highest BCUT2D eigenvalue weighted by Gasteiger charge is 2.25. The van der Waals surface area contributed by atoms with E-state index in [0.29, 0.717) is 19.6 Å². The van der Waals surface area contributed by atoms with E-state index in [2.05, 4.69) is 28.0 Å². The standard InChI is InChI=1S/C18H31N3O2/c1-3-8-20-11-6-16(7-12-20)18(23)19-13-17(22)14-21-9-4-15(2)5-10-21/h1,15-17,22H,4-14H2,2H3,(H,19,23). The van der Waals surface area contributed by atoms with Crippen molar-refractivity contribution >= 4 is 5.91 Å². The lowest BCUT2D eigenvalue weighted by Gasteiger charge is -2.32. The minimum Gasteiger partial charge on any atom is -0.390 e. The number of nitrogens with one attached hydrogen (secondary N) is 1. The largest absolute Gasteiger partial charge is 0.390 e. The smallest absolute Gasteiger partial charge is 0.223 e. The summed E-state index contributed by atoms with van der Waals surface area (Å²) < 4.78 is 0. The molecule has 0 spiro atoms. The Bertz CT molecular complexity index is 405. The van der Waals surface area contributed by atoms with Gasteiger partial charge in [-0.2, -0.15) is 0 Å². The fourth-order valence-corrected chi connectivity index (χ4v) is 3.45. The van der Waals surface area contributed by atoms with Gasteiger partial charge in [0.05, 0.1) is 12.6 Å². The molecule has 2 aliphatic rings. The fraction of sp³-hybridized carbons (Fsp3) is 0.833. The van der Waals surface area contributed by atoms with Crippen molar-refractivity contribution in [3.05, 3.63) is 0 Å². The van der Waals surface area contributed by atoms with Crippen LogP contribution in [-0.4, -0.2) is 72.7 Å². The Morgan fingerprint density at radius 2 is 1.83 bits per heavy atom. The van der Waals surface area contributed by atoms with Gasteiger partial charge < -0.3 is 15.3 Å². The maximum absolute atomic E-state index is 12.2. The van der Waals surface area contributed by atoms with Crippen LogP contribution in [0.2, 0.25) is 0 Å². The van der Waals surface area contributed by atoms with Crippen LogP contribution in [0.5, 0.6) is 0 Å². The molecule has 5 heteroatoms. The van der Waals surface area contributed by atoms with Crippen LogP contribution in [0.3, 0.4) is 0 Å². The molecule has 1 atom stereocenters. The number of terminal acetylenes is 1. The number of carbonyl (C=O) groups excluding carboxylic acids is 1. The lowest BCUT2D eigenvalue weighted by atomic mass is 9.96. The molecule has 0 aliphatic carbocycles. The Balaban J connectivity index is 1.61. The molecule has 1 amide bonds. The number of carbonyl (C=O) groups is 1. The van der Waals surface area contributed by atoms with Gasteiger partial charge in [0.15, 0.2) is 0 Å². The molecular formula is C18H31N3O2. The molecule has 0 aromatic carbocycles. The lowest BCUT2D eigenvalue weighted by molar-refractivity contribution is -0.126. The first-order valence-corrected chi connectivity index (χ1v) is 8.92. The molecule has 2 N–H and O–H groups in total. The molecule has 2 fully saturated rings. The van der Waals surface area contributed by atoms with E-state index in [1.165, 1.54) is 12.8 Å². The van der Waals surface area contributed by atoms with Gasteiger partial charge in [0.1, 0.15) is 0 Å². The number of hydrogen-bond acceptors (Lipinski definition) is 4. The van der Waals surface area contributed by atoms with Gasteiger partial charge in [0.25, 0.3) is 0 Å². The fourth-order valence-electron chi connectivity index (χ4n) is 3.45. The number of likely N-dealkylation sites (tertiary alicyclic amines) is 2. The zero-order chi connectivity index (χ0) is 16.7. The van der Waals surface area contributed by atoms with Gasteiger partial charge in [-0.3, -0.25) is 9.69 Å². The van der Waals surface area contributed by atoms with Gasteiger partial charge in [-0.05, 0) is 57.8 Å². The number of rotatable bonds is 6. The molecule has 130 valence electrons. The summed E-state index contributed by atoms with van der Waals surface area (Å²) >= 11 is 0. The average Bonchev–Trinajstić information content (AvgIpc) is 2.56. The van der Waals surface area contributed by atoms with Crippen LogP contribution in [0, 0.1) is 24.2 Å². The van der Waals surface area contributed by atoms with E-state index in [9.17, 15) is 9.90 Å². The van der Waals surface area contributed by atoms with Crippen molar-refractivity contribution in [2.45, 2.75) is 38.7 Å². The molecule has 1 unspecified atom stereocenters. The molecule has 23 heavy (non-hydrogen) atoms. The van der Waals surface area contributed by atoms with Crippen LogP contribution < -0.4 is 5.32 Å². The number of aliphatic hydroxyl groups excluding tert-OH is 1. The Labute approximate surface area is 140 Å². The first kappa shape index (κ1) is 18.3. The second-order valence-corrected chi connectivity index (χ2v) is 7.14. The van der Waals surface area contributed by atoms with E-state index in [1.807, 2.05) is 0 Å². The van der Waals surface area contributed by atoms with Crippen molar-refractivity contribution in [2.75, 3.05) is 45.8 Å². The normalized spacial score (nSPS) is 23.3. The third-order valence-electron chi connectivity index (χ3n) is 5.13. The monoisotopic (exact) mass is 321 g/mol. The van der Waals surface area contributed by atoms with Crippen molar-refractivity contribution in [3.8, 4) is 12.3 Å². The second-order valence-electron chi connectivity index (χ2n) is 7.14. The number of hydrogen-bond donors (Lipinski definition) is 2. The van der Waals surface area contributed by atoms with E-state index >= 15 is 0 Å². The highest BCUT2D eigenvalue weighted by molar-refractivity contribution is 5.78. The maximum atomic E-state index is 12.2. The third-order valence-corrected chi connectivity index (χ3v) is 5.13. The van der Waals surface area contributed by atoms with Crippen LogP contribution in [0.25, 0.3) is 0 Å². The van der Waals surface area contributed by atoms with Crippen LogP contribution in [-0.2, 0) is 4.79 Å². The molecule has 0 aromatic heterocycles. The minimum absolute atomic E-state index is 0.0621. The molecule has 2 aliphatic heterocycles. The number of β-amino-alcohol motifs (C(OH)–C–C–N with tert-alkyl or cyclic N) is 1. The number of nitrogens with zero attached hydrogens (tertiary/aromatic N) is 2. The zero-order valence-electron chi connectivity index (χ0n) is 14.3. The number of aliphatic hydroxyl groups is 1. The first-order chi connectivity index (χ1) is 11.1. The van der Waals surface area contributed by atoms with E-state index in [4.69, 9.17) is 6.42 Å². The summed E-state index contributed by atoms with van der Waals surface area (Å²) in [6.45, 7) is 7.85. The SMILES string of the molecule is C#CCN1CCC(C(=O)NCC(O)CN2CCC(C)CC2)CC1. The predicted octanol–water partition coefficient (Wildman–Crippen LogP) is 0.541. The lowest BCUT2D eigenvalue weighted by Crippen LogP contribution is -2.45. The van der Waals surface area contributed by atoms with E-state index in [-0.39, 0.29) is 11.8 Å². The van der Waals surface area contributed by atoms with Crippen molar-refractivity contribution in [3.63, 3.8) is 0 Å². The molecular weight excluding hydrogens is 290 g/mol. The molecule has 5 nitrogen and oxygen atoms in total. The van der Waals surface area contributed by atoms with Crippen molar-refractivity contribution in [2.24, 2.45) is 11.8 Å². The number of piperidine rings is 2. The van der Waals surface area contributed by atoms with Gasteiger partial charge in [-0.15, -0.1) is 6.42 Å². The topological polar surface area (TPSA) is 55.8 Å². The minimum atomic E-state index is -0.478. The van der Waals surface area contributed by atoms with Gasteiger partial charge in [-0.1, -0.05) is 12.8 Å². The average molecular weight is 321 g/mol. The van der Waals surface area contributed by atoms with E-state index in [1.54, 1.807) is 0 Å². The molecule has 2 heterocycles. The highest BCUT2D eigenvalue weighted by Crippen LogP contribution is 2.17. The van der Waals surface area contributed by atoms with Crippen molar-refractivity contribution < 1.29 is 9.90 Å². The molecule has 2 saturated heterocycles. The van der Waals surface area contributed by atoms with Gasteiger partial charge in [-0.25, -0.2) is 0 Å². The Morgan fingerprint density at radius 1 is 1.22 bits per heavy atom. The molecule has 0 saturated carbocycles. The summed E-state index contributed by atoms with van der Waals surface area (Å²) in [6, 6.07) is 0. The summed E-state index contributed by atoms with van der Waals surface area (Å²) in [6.07, 6.45) is 8.96. The number of amides is 1. The molecule has 0 radical (unpaired) electrons. The maximum Gasteiger partial charge on any atom is 0.223 e. The summed E-state index contributed by atoms with van der Waals surface area (Å²) in [7, 11) is 0. The van der Waals surface area contributed by atoms with E-state index < -0.39 is 6.10 Å². The third kappa shape index (κ3) is 6.14. The van der Waals surface area contributed by atoms with Crippen molar-refractivity contribution in [1.29, 1.82) is 0 Å². The highest BCUT2D eigenvalue weighted by atomic mass is 16.3. The first-order valence-electron chi connectivity index (χ1n) is 8.92. The van der Waals surface area contributed by atoms with E-state index in [0.717, 1.165) is 44.9 Å². The molecule has 0 bridgehead atoms. The van der Waals surface area contributed by atoms with Crippen LogP contribution in [0.4, 0.5) is 0 Å². The summed E-state index contributed by atoms with van der Waals surface area (Å²) in [4.78, 5) is 16.7. The summed E-state index contributed by atoms with van der Waals surface area (Å²) in [5, 5.41) is 13.1. The Hall–Kier alpha value is -1.09. The molecule has 2 rings (SSSR count). The van der Waals surface area contributed by atoms with Crippen LogP contribution >= 0.6 is 0 Å².